The molecule has 1 aromatic heterocycles. The van der Waals surface area contributed by atoms with E-state index in [1.54, 1.807) is 6.20 Å². The lowest BCUT2D eigenvalue weighted by atomic mass is 10.0. The molecular weight excluding hydrogens is 226 g/mol. The fourth-order valence-electron chi connectivity index (χ4n) is 2.27. The number of hydrogen-bond acceptors (Lipinski definition) is 2. The van der Waals surface area contributed by atoms with Gasteiger partial charge in [0.2, 0.25) is 5.91 Å². The summed E-state index contributed by atoms with van der Waals surface area (Å²) in [7, 11) is 0. The molecule has 0 aliphatic heterocycles. The number of aryl methyl sites for hydroxylation is 2. The number of carbonyl (C=O) groups is 1. The Morgan fingerprint density at radius 1 is 1.56 bits per heavy atom. The number of carbonyl (C=O) groups excluding carboxylic acids is 1. The number of aromatic nitrogens is 2. The highest BCUT2D eigenvalue weighted by Gasteiger charge is 2.12. The maximum atomic E-state index is 11.8. The Morgan fingerprint density at radius 3 is 3.11 bits per heavy atom. The molecule has 18 heavy (non-hydrogen) atoms. The Kier molecular flexibility index (Phi) is 4.56. The minimum Gasteiger partial charge on any atom is -0.353 e. The molecule has 1 aliphatic carbocycles. The topological polar surface area (TPSA) is 46.9 Å². The maximum Gasteiger partial charge on any atom is 0.220 e. The van der Waals surface area contributed by atoms with Crippen LogP contribution < -0.4 is 5.32 Å². The SMILES string of the molecule is Cc1nccn1CCCC(=O)N[C@H]1CC=CCC1. The Hall–Kier alpha value is -1.58. The maximum absolute atomic E-state index is 11.8. The molecule has 0 bridgehead atoms. The Bertz CT molecular complexity index is 422. The summed E-state index contributed by atoms with van der Waals surface area (Å²) in [6, 6.07) is 0.345. The third kappa shape index (κ3) is 3.72. The lowest BCUT2D eigenvalue weighted by molar-refractivity contribution is -0.122. The molecule has 98 valence electrons. The molecule has 1 aromatic rings. The average molecular weight is 247 g/mol. The quantitative estimate of drug-likeness (QED) is 0.811. The zero-order chi connectivity index (χ0) is 12.8. The van der Waals surface area contributed by atoms with E-state index in [0.29, 0.717) is 12.5 Å². The first-order chi connectivity index (χ1) is 8.75. The second-order valence-electron chi connectivity index (χ2n) is 4.82. The van der Waals surface area contributed by atoms with E-state index in [4.69, 9.17) is 0 Å². The highest BCUT2D eigenvalue weighted by atomic mass is 16.1. The minimum absolute atomic E-state index is 0.174. The van der Waals surface area contributed by atoms with Crippen molar-refractivity contribution in [2.24, 2.45) is 0 Å². The van der Waals surface area contributed by atoms with Gasteiger partial charge in [-0.1, -0.05) is 12.2 Å². The van der Waals surface area contributed by atoms with E-state index in [9.17, 15) is 4.79 Å². The van der Waals surface area contributed by atoms with E-state index in [1.807, 2.05) is 13.1 Å². The first-order valence-electron chi connectivity index (χ1n) is 6.68. The lowest BCUT2D eigenvalue weighted by Crippen LogP contribution is -2.35. The predicted octanol–water partition coefficient (Wildman–Crippen LogP) is 2.20. The summed E-state index contributed by atoms with van der Waals surface area (Å²) in [6.45, 7) is 2.85. The molecule has 1 aliphatic rings. The fraction of sp³-hybridized carbons (Fsp3) is 0.571. The smallest absolute Gasteiger partial charge is 0.220 e. The van der Waals surface area contributed by atoms with Crippen molar-refractivity contribution < 1.29 is 4.79 Å². The van der Waals surface area contributed by atoms with Crippen molar-refractivity contribution in [2.45, 2.75) is 51.6 Å². The summed E-state index contributed by atoms with van der Waals surface area (Å²) in [5, 5.41) is 3.10. The molecule has 0 aromatic carbocycles. The lowest BCUT2D eigenvalue weighted by Gasteiger charge is -2.19. The first-order valence-corrected chi connectivity index (χ1v) is 6.68. The van der Waals surface area contributed by atoms with E-state index in [0.717, 1.165) is 38.1 Å². The van der Waals surface area contributed by atoms with Gasteiger partial charge < -0.3 is 9.88 Å². The van der Waals surface area contributed by atoms with E-state index in [-0.39, 0.29) is 5.91 Å². The summed E-state index contributed by atoms with van der Waals surface area (Å²) in [6.07, 6.45) is 12.7. The zero-order valence-corrected chi connectivity index (χ0v) is 10.9. The van der Waals surface area contributed by atoms with Gasteiger partial charge in [0.25, 0.3) is 0 Å². The average Bonchev–Trinajstić information content (AvgIpc) is 2.76. The number of allylic oxidation sites excluding steroid dienone is 1. The van der Waals surface area contributed by atoms with Gasteiger partial charge >= 0.3 is 0 Å². The number of nitrogens with one attached hydrogen (secondary N) is 1. The first kappa shape index (κ1) is 12.9. The van der Waals surface area contributed by atoms with Gasteiger partial charge in [0.15, 0.2) is 0 Å². The highest BCUT2D eigenvalue weighted by Crippen LogP contribution is 2.10. The highest BCUT2D eigenvalue weighted by molar-refractivity contribution is 5.76. The summed E-state index contributed by atoms with van der Waals surface area (Å²) in [5.74, 6) is 1.18. The number of imidazole rings is 1. The Morgan fingerprint density at radius 2 is 2.44 bits per heavy atom. The van der Waals surface area contributed by atoms with Gasteiger partial charge in [-0.2, -0.15) is 0 Å². The van der Waals surface area contributed by atoms with Gasteiger partial charge in [0, 0.05) is 31.4 Å². The van der Waals surface area contributed by atoms with Crippen LogP contribution in [0.5, 0.6) is 0 Å². The molecular formula is C14H21N3O. The monoisotopic (exact) mass is 247 g/mol. The second kappa shape index (κ2) is 6.38. The molecule has 4 nitrogen and oxygen atoms in total. The van der Waals surface area contributed by atoms with E-state index >= 15 is 0 Å². The van der Waals surface area contributed by atoms with Gasteiger partial charge in [-0.3, -0.25) is 4.79 Å². The van der Waals surface area contributed by atoms with Gasteiger partial charge in [0.05, 0.1) is 0 Å². The molecule has 1 N–H and O–H groups in total. The van der Waals surface area contributed by atoms with Gasteiger partial charge in [-0.15, -0.1) is 0 Å². The Labute approximate surface area is 108 Å². The molecule has 1 amide bonds. The van der Waals surface area contributed by atoms with Crippen LogP contribution >= 0.6 is 0 Å². The van der Waals surface area contributed by atoms with Crippen LogP contribution in [-0.2, 0) is 11.3 Å². The van der Waals surface area contributed by atoms with Crippen molar-refractivity contribution in [3.8, 4) is 0 Å². The summed E-state index contributed by atoms with van der Waals surface area (Å²) in [4.78, 5) is 15.9. The van der Waals surface area contributed by atoms with E-state index < -0.39 is 0 Å². The van der Waals surface area contributed by atoms with Gasteiger partial charge in [0.1, 0.15) is 5.82 Å². The van der Waals surface area contributed by atoms with Crippen molar-refractivity contribution in [1.82, 2.24) is 14.9 Å². The number of rotatable bonds is 5. The standard InChI is InChI=1S/C14H21N3O/c1-12-15-9-11-17(12)10-5-8-14(18)16-13-6-3-2-4-7-13/h2-3,9,11,13H,4-8,10H2,1H3,(H,16,18)/t13-/m0/s1. The van der Waals surface area contributed by atoms with Crippen LogP contribution in [-0.4, -0.2) is 21.5 Å². The van der Waals surface area contributed by atoms with Crippen molar-refractivity contribution in [2.75, 3.05) is 0 Å². The Balaban J connectivity index is 1.66. The van der Waals surface area contributed by atoms with Gasteiger partial charge in [-0.05, 0) is 32.6 Å². The van der Waals surface area contributed by atoms with Crippen LogP contribution in [0.1, 0.15) is 37.9 Å². The number of hydrogen-bond donors (Lipinski definition) is 1. The predicted molar refractivity (Wildman–Crippen MR) is 71.1 cm³/mol. The second-order valence-corrected chi connectivity index (χ2v) is 4.82. The molecule has 1 atom stereocenters. The van der Waals surface area contributed by atoms with Crippen LogP contribution in [0, 0.1) is 6.92 Å². The fourth-order valence-corrected chi connectivity index (χ4v) is 2.27. The molecule has 0 saturated carbocycles. The molecule has 0 fully saturated rings. The van der Waals surface area contributed by atoms with Crippen LogP contribution in [0.15, 0.2) is 24.5 Å². The van der Waals surface area contributed by atoms with Crippen LogP contribution in [0.2, 0.25) is 0 Å². The number of amides is 1. The molecule has 0 radical (unpaired) electrons. The van der Waals surface area contributed by atoms with Crippen molar-refractivity contribution in [3.63, 3.8) is 0 Å². The minimum atomic E-state index is 0.174. The van der Waals surface area contributed by atoms with Crippen LogP contribution in [0.25, 0.3) is 0 Å². The van der Waals surface area contributed by atoms with Crippen LogP contribution in [0.4, 0.5) is 0 Å². The molecule has 0 spiro atoms. The third-order valence-corrected chi connectivity index (χ3v) is 3.36. The largest absolute Gasteiger partial charge is 0.353 e. The molecule has 2 rings (SSSR count). The van der Waals surface area contributed by atoms with Crippen molar-refractivity contribution >= 4 is 5.91 Å². The van der Waals surface area contributed by atoms with Crippen LogP contribution in [0.3, 0.4) is 0 Å². The number of nitrogens with zero attached hydrogens (tertiary/aromatic N) is 2. The zero-order valence-electron chi connectivity index (χ0n) is 10.9. The summed E-state index contributed by atoms with van der Waals surface area (Å²) >= 11 is 0. The molecule has 0 unspecified atom stereocenters. The van der Waals surface area contributed by atoms with E-state index in [1.165, 1.54) is 0 Å². The molecule has 4 heteroatoms. The van der Waals surface area contributed by atoms with E-state index in [2.05, 4.69) is 27.0 Å². The molecule has 1 heterocycles. The third-order valence-electron chi connectivity index (χ3n) is 3.36. The van der Waals surface area contributed by atoms with Gasteiger partial charge in [-0.25, -0.2) is 4.98 Å². The molecule has 0 saturated heterocycles. The summed E-state index contributed by atoms with van der Waals surface area (Å²) in [5.41, 5.74) is 0. The normalized spacial score (nSPS) is 18.8. The van der Waals surface area contributed by atoms with Crippen molar-refractivity contribution in [3.05, 3.63) is 30.4 Å². The van der Waals surface area contributed by atoms with Crippen molar-refractivity contribution in [1.29, 1.82) is 0 Å². The summed E-state index contributed by atoms with van der Waals surface area (Å²) < 4.78 is 2.08.